The number of hydrogen-bond donors (Lipinski definition) is 4. The molecule has 86 valence electrons. The molecule has 1 aromatic heterocycles. The SMILES string of the molecule is OCC(CO)(CO)NCc1occc1Br. The number of aliphatic hydroxyl groups is 3. The van der Waals surface area contributed by atoms with E-state index in [1.807, 2.05) is 0 Å². The van der Waals surface area contributed by atoms with Gasteiger partial charge < -0.3 is 19.7 Å². The smallest absolute Gasteiger partial charge is 0.131 e. The minimum absolute atomic E-state index is 0.315. The van der Waals surface area contributed by atoms with Gasteiger partial charge in [0.25, 0.3) is 0 Å². The van der Waals surface area contributed by atoms with E-state index < -0.39 is 5.54 Å². The van der Waals surface area contributed by atoms with Gasteiger partial charge >= 0.3 is 0 Å². The van der Waals surface area contributed by atoms with Crippen LogP contribution < -0.4 is 5.32 Å². The van der Waals surface area contributed by atoms with Gasteiger partial charge in [-0.05, 0) is 22.0 Å². The first-order valence-corrected chi connectivity index (χ1v) is 5.26. The third kappa shape index (κ3) is 3.02. The second kappa shape index (κ2) is 5.62. The maximum Gasteiger partial charge on any atom is 0.131 e. The van der Waals surface area contributed by atoms with Gasteiger partial charge in [0, 0.05) is 0 Å². The van der Waals surface area contributed by atoms with Crippen molar-refractivity contribution in [3.05, 3.63) is 22.6 Å². The normalized spacial score (nSPS) is 12.0. The fourth-order valence-corrected chi connectivity index (χ4v) is 1.38. The predicted octanol–water partition coefficient (Wildman–Crippen LogP) is -0.153. The van der Waals surface area contributed by atoms with Gasteiger partial charge in [-0.25, -0.2) is 0 Å². The zero-order valence-electron chi connectivity index (χ0n) is 8.11. The van der Waals surface area contributed by atoms with Crippen molar-refractivity contribution < 1.29 is 19.7 Å². The van der Waals surface area contributed by atoms with Crippen LogP contribution in [0.2, 0.25) is 0 Å². The van der Waals surface area contributed by atoms with E-state index in [1.165, 1.54) is 6.26 Å². The Balaban J connectivity index is 2.58. The quantitative estimate of drug-likeness (QED) is 0.582. The molecule has 0 atom stereocenters. The second-order valence-corrected chi connectivity index (χ2v) is 4.15. The lowest BCUT2D eigenvalue weighted by molar-refractivity contribution is 0.0401. The van der Waals surface area contributed by atoms with Gasteiger partial charge in [-0.3, -0.25) is 5.32 Å². The van der Waals surface area contributed by atoms with Gasteiger partial charge in [0.05, 0.1) is 42.6 Å². The summed E-state index contributed by atoms with van der Waals surface area (Å²) < 4.78 is 5.94. The Morgan fingerprint density at radius 3 is 2.27 bits per heavy atom. The molecule has 0 spiro atoms. The maximum atomic E-state index is 9.05. The van der Waals surface area contributed by atoms with Crippen LogP contribution in [-0.2, 0) is 6.54 Å². The summed E-state index contributed by atoms with van der Waals surface area (Å²) in [6, 6.07) is 1.75. The maximum absolute atomic E-state index is 9.05. The molecule has 1 aromatic rings. The van der Waals surface area contributed by atoms with Crippen LogP contribution in [0.5, 0.6) is 0 Å². The van der Waals surface area contributed by atoms with Crippen molar-refractivity contribution in [3.8, 4) is 0 Å². The van der Waals surface area contributed by atoms with Crippen LogP contribution in [-0.4, -0.2) is 40.7 Å². The molecular weight excluding hydrogens is 266 g/mol. The highest BCUT2D eigenvalue weighted by Crippen LogP contribution is 2.18. The Bertz CT molecular complexity index is 290. The van der Waals surface area contributed by atoms with Crippen molar-refractivity contribution in [1.82, 2.24) is 5.32 Å². The average Bonchev–Trinajstić information content (AvgIpc) is 2.67. The highest BCUT2D eigenvalue weighted by atomic mass is 79.9. The summed E-state index contributed by atoms with van der Waals surface area (Å²) in [7, 11) is 0. The highest BCUT2D eigenvalue weighted by Gasteiger charge is 2.27. The fourth-order valence-electron chi connectivity index (χ4n) is 1.04. The molecule has 6 heteroatoms. The predicted molar refractivity (Wildman–Crippen MR) is 57.2 cm³/mol. The molecule has 0 unspecified atom stereocenters. The molecule has 0 aliphatic heterocycles. The fraction of sp³-hybridized carbons (Fsp3) is 0.556. The Morgan fingerprint density at radius 1 is 1.27 bits per heavy atom. The molecule has 0 saturated heterocycles. The largest absolute Gasteiger partial charge is 0.467 e. The number of rotatable bonds is 6. The molecule has 15 heavy (non-hydrogen) atoms. The summed E-state index contributed by atoms with van der Waals surface area (Å²) in [5.74, 6) is 0.648. The van der Waals surface area contributed by atoms with Crippen LogP contribution in [0.15, 0.2) is 21.2 Å². The Kier molecular flexibility index (Phi) is 4.75. The van der Waals surface area contributed by atoms with Crippen LogP contribution in [0.1, 0.15) is 5.76 Å². The van der Waals surface area contributed by atoms with E-state index >= 15 is 0 Å². The summed E-state index contributed by atoms with van der Waals surface area (Å²) in [6.07, 6.45) is 1.53. The van der Waals surface area contributed by atoms with E-state index in [2.05, 4.69) is 21.2 Å². The minimum Gasteiger partial charge on any atom is -0.467 e. The van der Waals surface area contributed by atoms with Gasteiger partial charge in [-0.1, -0.05) is 0 Å². The summed E-state index contributed by atoms with van der Waals surface area (Å²) in [5, 5.41) is 30.0. The van der Waals surface area contributed by atoms with Gasteiger partial charge in [0.1, 0.15) is 5.76 Å². The molecule has 0 aliphatic rings. The molecule has 1 rings (SSSR count). The van der Waals surface area contributed by atoms with Gasteiger partial charge in [0.15, 0.2) is 0 Å². The summed E-state index contributed by atoms with van der Waals surface area (Å²) in [6.45, 7) is -0.732. The molecule has 4 N–H and O–H groups in total. The number of aliphatic hydroxyl groups excluding tert-OH is 3. The van der Waals surface area contributed by atoms with E-state index in [0.717, 1.165) is 4.47 Å². The number of hydrogen-bond acceptors (Lipinski definition) is 5. The van der Waals surface area contributed by atoms with Crippen LogP contribution in [0.4, 0.5) is 0 Å². The third-order valence-electron chi connectivity index (χ3n) is 2.22. The van der Waals surface area contributed by atoms with E-state index in [4.69, 9.17) is 19.7 Å². The van der Waals surface area contributed by atoms with E-state index in [9.17, 15) is 0 Å². The van der Waals surface area contributed by atoms with Gasteiger partial charge in [-0.2, -0.15) is 0 Å². The van der Waals surface area contributed by atoms with Gasteiger partial charge in [0.2, 0.25) is 0 Å². The molecule has 0 saturated carbocycles. The molecule has 0 fully saturated rings. The van der Waals surface area contributed by atoms with Crippen molar-refractivity contribution in [3.63, 3.8) is 0 Å². The molecular formula is C9H14BrNO4. The topological polar surface area (TPSA) is 85.9 Å². The first kappa shape index (κ1) is 12.7. The second-order valence-electron chi connectivity index (χ2n) is 3.30. The summed E-state index contributed by atoms with van der Waals surface area (Å²) in [5.41, 5.74) is -1.08. The standard InChI is InChI=1S/C9H14BrNO4/c10-7-1-2-15-8(7)3-11-9(4-12,5-13)6-14/h1-2,11-14H,3-6H2. The molecule has 0 aromatic carbocycles. The zero-order valence-corrected chi connectivity index (χ0v) is 9.70. The van der Waals surface area contributed by atoms with Gasteiger partial charge in [-0.15, -0.1) is 0 Å². The van der Waals surface area contributed by atoms with E-state index in [-0.39, 0.29) is 19.8 Å². The van der Waals surface area contributed by atoms with E-state index in [1.54, 1.807) is 6.07 Å². The zero-order chi connectivity index (χ0) is 11.3. The Hall–Kier alpha value is -0.400. The Morgan fingerprint density at radius 2 is 1.87 bits per heavy atom. The lowest BCUT2D eigenvalue weighted by Gasteiger charge is -2.28. The monoisotopic (exact) mass is 279 g/mol. The first-order valence-electron chi connectivity index (χ1n) is 4.47. The Labute approximate surface area is 95.9 Å². The van der Waals surface area contributed by atoms with Crippen LogP contribution in [0.25, 0.3) is 0 Å². The molecule has 0 amide bonds. The molecule has 1 heterocycles. The number of furan rings is 1. The lowest BCUT2D eigenvalue weighted by atomic mass is 10.0. The van der Waals surface area contributed by atoms with Crippen LogP contribution in [0.3, 0.4) is 0 Å². The van der Waals surface area contributed by atoms with E-state index in [0.29, 0.717) is 12.3 Å². The molecule has 5 nitrogen and oxygen atoms in total. The van der Waals surface area contributed by atoms with Crippen molar-refractivity contribution >= 4 is 15.9 Å². The van der Waals surface area contributed by atoms with Crippen molar-refractivity contribution in [1.29, 1.82) is 0 Å². The first-order chi connectivity index (χ1) is 7.17. The summed E-state index contributed by atoms with van der Waals surface area (Å²) in [4.78, 5) is 0. The molecule has 0 aliphatic carbocycles. The van der Waals surface area contributed by atoms with Crippen molar-refractivity contribution in [2.24, 2.45) is 0 Å². The highest BCUT2D eigenvalue weighted by molar-refractivity contribution is 9.10. The summed E-state index contributed by atoms with van der Waals surface area (Å²) >= 11 is 3.28. The van der Waals surface area contributed by atoms with Crippen molar-refractivity contribution in [2.45, 2.75) is 12.1 Å². The number of halogens is 1. The van der Waals surface area contributed by atoms with Crippen LogP contribution >= 0.6 is 15.9 Å². The molecule has 0 bridgehead atoms. The van der Waals surface area contributed by atoms with Crippen molar-refractivity contribution in [2.75, 3.05) is 19.8 Å². The van der Waals surface area contributed by atoms with Crippen LogP contribution in [0, 0.1) is 0 Å². The lowest BCUT2D eigenvalue weighted by Crippen LogP contribution is -2.54. The third-order valence-corrected chi connectivity index (χ3v) is 2.93. The number of nitrogens with one attached hydrogen (secondary N) is 1. The minimum atomic E-state index is -1.08. The average molecular weight is 280 g/mol. The molecule has 0 radical (unpaired) electrons.